The lowest BCUT2D eigenvalue weighted by atomic mass is 10.1. The third-order valence-corrected chi connectivity index (χ3v) is 2.84. The summed E-state index contributed by atoms with van der Waals surface area (Å²) in [5.74, 6) is -1.16. The summed E-state index contributed by atoms with van der Waals surface area (Å²) in [7, 11) is 3.30. The molecule has 116 valence electrons. The molecular formula is C13H25N3O4. The number of carbonyl (C=O) groups is 3. The van der Waals surface area contributed by atoms with Gasteiger partial charge in [-0.05, 0) is 14.0 Å². The molecule has 2 unspecified atom stereocenters. The van der Waals surface area contributed by atoms with E-state index in [0.29, 0.717) is 6.42 Å². The maximum Gasteiger partial charge on any atom is 0.306 e. The van der Waals surface area contributed by atoms with Gasteiger partial charge in [0.2, 0.25) is 11.8 Å². The zero-order valence-electron chi connectivity index (χ0n) is 12.6. The highest BCUT2D eigenvalue weighted by atomic mass is 16.5. The largest absolute Gasteiger partial charge is 0.464 e. The van der Waals surface area contributed by atoms with E-state index in [4.69, 9.17) is 4.74 Å². The van der Waals surface area contributed by atoms with E-state index in [1.54, 1.807) is 14.0 Å². The van der Waals surface area contributed by atoms with Gasteiger partial charge in [-0.3, -0.25) is 14.4 Å². The van der Waals surface area contributed by atoms with E-state index < -0.39 is 11.9 Å². The summed E-state index contributed by atoms with van der Waals surface area (Å²) in [6.45, 7) is 3.94. The molecule has 0 aromatic carbocycles. The van der Waals surface area contributed by atoms with E-state index in [9.17, 15) is 14.4 Å². The zero-order valence-corrected chi connectivity index (χ0v) is 12.6. The van der Waals surface area contributed by atoms with Gasteiger partial charge in [0.15, 0.2) is 0 Å². The molecule has 7 heteroatoms. The Labute approximate surface area is 119 Å². The maximum absolute atomic E-state index is 11.4. The Kier molecular flexibility index (Phi) is 9.36. The highest BCUT2D eigenvalue weighted by Gasteiger charge is 2.16. The minimum absolute atomic E-state index is 0.0322. The van der Waals surface area contributed by atoms with Gasteiger partial charge >= 0.3 is 5.97 Å². The molecule has 2 amide bonds. The van der Waals surface area contributed by atoms with E-state index in [-0.39, 0.29) is 37.4 Å². The number of hydrogen-bond acceptors (Lipinski definition) is 5. The lowest BCUT2D eigenvalue weighted by Crippen LogP contribution is -2.34. The molecule has 0 bridgehead atoms. The van der Waals surface area contributed by atoms with Crippen LogP contribution in [-0.2, 0) is 19.1 Å². The van der Waals surface area contributed by atoms with Crippen LogP contribution in [0.5, 0.6) is 0 Å². The number of nitrogens with one attached hydrogen (secondary N) is 3. The van der Waals surface area contributed by atoms with Crippen molar-refractivity contribution in [2.75, 3.05) is 27.2 Å². The Balaban J connectivity index is 3.72. The standard InChI is InChI=1S/C13H25N3O4/c1-9(13(19)15-4)7-12(18)20-6-5-16-11(17)8-10(2)14-3/h9-10,14H,5-8H2,1-4H3,(H,15,19)(H,16,17). The molecule has 20 heavy (non-hydrogen) atoms. The van der Waals surface area contributed by atoms with Crippen molar-refractivity contribution in [2.45, 2.75) is 32.7 Å². The van der Waals surface area contributed by atoms with Crippen LogP contribution in [0.2, 0.25) is 0 Å². The Bertz CT molecular complexity index is 334. The van der Waals surface area contributed by atoms with Crippen LogP contribution in [-0.4, -0.2) is 51.1 Å². The van der Waals surface area contributed by atoms with Crippen molar-refractivity contribution < 1.29 is 19.1 Å². The van der Waals surface area contributed by atoms with E-state index in [0.717, 1.165) is 0 Å². The van der Waals surface area contributed by atoms with Gasteiger partial charge < -0.3 is 20.7 Å². The van der Waals surface area contributed by atoms with E-state index in [1.807, 2.05) is 6.92 Å². The van der Waals surface area contributed by atoms with Gasteiger partial charge in [-0.25, -0.2) is 0 Å². The third-order valence-electron chi connectivity index (χ3n) is 2.84. The number of carbonyl (C=O) groups excluding carboxylic acids is 3. The van der Waals surface area contributed by atoms with Crippen molar-refractivity contribution in [3.05, 3.63) is 0 Å². The summed E-state index contributed by atoms with van der Waals surface area (Å²) in [5, 5.41) is 8.08. The Morgan fingerprint density at radius 1 is 1.10 bits per heavy atom. The molecule has 0 aliphatic rings. The van der Waals surface area contributed by atoms with Gasteiger partial charge in [-0.1, -0.05) is 6.92 Å². The zero-order chi connectivity index (χ0) is 15.5. The van der Waals surface area contributed by atoms with Crippen molar-refractivity contribution in [2.24, 2.45) is 5.92 Å². The van der Waals surface area contributed by atoms with Gasteiger partial charge in [0.25, 0.3) is 0 Å². The molecule has 0 aromatic heterocycles. The van der Waals surface area contributed by atoms with Gasteiger partial charge in [-0.15, -0.1) is 0 Å². The van der Waals surface area contributed by atoms with Gasteiger partial charge in [-0.2, -0.15) is 0 Å². The van der Waals surface area contributed by atoms with Crippen LogP contribution < -0.4 is 16.0 Å². The fourth-order valence-electron chi connectivity index (χ4n) is 1.46. The molecule has 0 spiro atoms. The minimum atomic E-state index is -0.445. The summed E-state index contributed by atoms with van der Waals surface area (Å²) >= 11 is 0. The van der Waals surface area contributed by atoms with Crippen LogP contribution in [0.4, 0.5) is 0 Å². The molecule has 0 rings (SSSR count). The third kappa shape index (κ3) is 8.47. The number of amides is 2. The van der Waals surface area contributed by atoms with Crippen molar-refractivity contribution in [1.82, 2.24) is 16.0 Å². The van der Waals surface area contributed by atoms with Crippen LogP contribution in [0.3, 0.4) is 0 Å². The van der Waals surface area contributed by atoms with Crippen LogP contribution in [0.25, 0.3) is 0 Å². The number of hydrogen-bond donors (Lipinski definition) is 3. The smallest absolute Gasteiger partial charge is 0.306 e. The average molecular weight is 287 g/mol. The van der Waals surface area contributed by atoms with Gasteiger partial charge in [0.05, 0.1) is 13.0 Å². The summed E-state index contributed by atoms with van der Waals surface area (Å²) in [6.07, 6.45) is 0.405. The second-order valence-corrected chi connectivity index (χ2v) is 4.68. The first-order chi connectivity index (χ1) is 9.40. The number of esters is 1. The highest BCUT2D eigenvalue weighted by Crippen LogP contribution is 2.02. The van der Waals surface area contributed by atoms with E-state index in [2.05, 4.69) is 16.0 Å². The second-order valence-electron chi connectivity index (χ2n) is 4.68. The summed E-state index contributed by atoms with van der Waals surface area (Å²) in [6, 6.07) is 0.103. The minimum Gasteiger partial charge on any atom is -0.464 e. The van der Waals surface area contributed by atoms with Crippen molar-refractivity contribution in [3.8, 4) is 0 Å². The van der Waals surface area contributed by atoms with Crippen LogP contribution >= 0.6 is 0 Å². The molecular weight excluding hydrogens is 262 g/mol. The monoisotopic (exact) mass is 287 g/mol. The fourth-order valence-corrected chi connectivity index (χ4v) is 1.46. The summed E-state index contributed by atoms with van der Waals surface area (Å²) in [5.41, 5.74) is 0. The Morgan fingerprint density at radius 2 is 1.75 bits per heavy atom. The van der Waals surface area contributed by atoms with Crippen molar-refractivity contribution >= 4 is 17.8 Å². The lowest BCUT2D eigenvalue weighted by molar-refractivity contribution is -0.146. The predicted octanol–water partition coefficient (Wildman–Crippen LogP) is -0.584. The van der Waals surface area contributed by atoms with Gasteiger partial charge in [0, 0.05) is 25.4 Å². The maximum atomic E-state index is 11.4. The molecule has 0 radical (unpaired) electrons. The van der Waals surface area contributed by atoms with Crippen LogP contribution in [0.15, 0.2) is 0 Å². The predicted molar refractivity (Wildman–Crippen MR) is 75.0 cm³/mol. The highest BCUT2D eigenvalue weighted by molar-refractivity contribution is 5.83. The number of rotatable bonds is 9. The SMILES string of the molecule is CNC(=O)C(C)CC(=O)OCCNC(=O)CC(C)NC. The molecule has 0 aromatic rings. The molecule has 7 nitrogen and oxygen atoms in total. The van der Waals surface area contributed by atoms with Crippen molar-refractivity contribution in [3.63, 3.8) is 0 Å². The van der Waals surface area contributed by atoms with E-state index in [1.165, 1.54) is 7.05 Å². The molecule has 0 aliphatic carbocycles. The molecule has 0 saturated heterocycles. The molecule has 2 atom stereocenters. The first-order valence-corrected chi connectivity index (χ1v) is 6.71. The fraction of sp³-hybridized carbons (Fsp3) is 0.769. The lowest BCUT2D eigenvalue weighted by Gasteiger charge is -2.11. The molecule has 0 saturated carbocycles. The molecule has 3 N–H and O–H groups in total. The number of ether oxygens (including phenoxy) is 1. The average Bonchev–Trinajstić information content (AvgIpc) is 2.42. The molecule has 0 fully saturated rings. The normalized spacial score (nSPS) is 13.2. The quantitative estimate of drug-likeness (QED) is 0.389. The summed E-state index contributed by atoms with van der Waals surface area (Å²) in [4.78, 5) is 34.1. The first-order valence-electron chi connectivity index (χ1n) is 6.71. The van der Waals surface area contributed by atoms with Crippen LogP contribution in [0.1, 0.15) is 26.7 Å². The summed E-state index contributed by atoms with van der Waals surface area (Å²) < 4.78 is 4.94. The van der Waals surface area contributed by atoms with E-state index >= 15 is 0 Å². The molecule has 0 aliphatic heterocycles. The Hall–Kier alpha value is -1.63. The first kappa shape index (κ1) is 18.4. The Morgan fingerprint density at radius 3 is 2.30 bits per heavy atom. The van der Waals surface area contributed by atoms with Crippen molar-refractivity contribution in [1.29, 1.82) is 0 Å². The molecule has 0 heterocycles. The van der Waals surface area contributed by atoms with Gasteiger partial charge in [0.1, 0.15) is 6.61 Å². The second kappa shape index (κ2) is 10.2. The topological polar surface area (TPSA) is 96.5 Å². The van der Waals surface area contributed by atoms with Crippen LogP contribution in [0, 0.1) is 5.92 Å².